The fraction of sp³-hybridized carbons (Fsp3) is 0.174. The van der Waals surface area contributed by atoms with Gasteiger partial charge in [-0.2, -0.15) is 0 Å². The van der Waals surface area contributed by atoms with Gasteiger partial charge >= 0.3 is 5.97 Å². The lowest BCUT2D eigenvalue weighted by Crippen LogP contribution is -2.24. The molecule has 33 heavy (non-hydrogen) atoms. The molecule has 0 bridgehead atoms. The number of aromatic carboxylic acids is 1. The lowest BCUT2D eigenvalue weighted by Gasteiger charge is -2.05. The van der Waals surface area contributed by atoms with Gasteiger partial charge in [-0.05, 0) is 36.1 Å². The van der Waals surface area contributed by atoms with Crippen molar-refractivity contribution in [3.05, 3.63) is 100 Å². The summed E-state index contributed by atoms with van der Waals surface area (Å²) in [5, 5.41) is 11.3. The molecule has 4 N–H and O–H groups in total. The summed E-state index contributed by atoms with van der Waals surface area (Å²) in [6.07, 6.45) is 3.06. The largest absolute Gasteiger partial charge is 0.477 e. The molecule has 1 aliphatic rings. The Hall–Kier alpha value is -3.87. The number of nitrogens with two attached hydrogens (primary N) is 1. The van der Waals surface area contributed by atoms with E-state index in [2.05, 4.69) is 20.1 Å². The molecule has 4 rings (SSSR count). The maximum Gasteiger partial charge on any atom is 0.354 e. The Morgan fingerprint density at radius 1 is 1.15 bits per heavy atom. The van der Waals surface area contributed by atoms with Crippen molar-refractivity contribution < 1.29 is 19.1 Å². The van der Waals surface area contributed by atoms with E-state index in [0.717, 1.165) is 30.9 Å². The topological polar surface area (TPSA) is 123 Å². The van der Waals surface area contributed by atoms with Crippen LogP contribution in [0.2, 0.25) is 0 Å². The predicted octanol–water partition coefficient (Wildman–Crippen LogP) is 3.85. The number of carboxylic acids is 1. The number of hydrogen-bond donors (Lipinski definition) is 3. The molecule has 0 saturated carbocycles. The summed E-state index contributed by atoms with van der Waals surface area (Å²) in [5.74, 6) is -2.12. The van der Waals surface area contributed by atoms with E-state index < -0.39 is 11.9 Å². The first kappa shape index (κ1) is 25.4. The Morgan fingerprint density at radius 3 is 2.52 bits per heavy atom. The van der Waals surface area contributed by atoms with Crippen LogP contribution in [0.5, 0.6) is 0 Å². The minimum Gasteiger partial charge on any atom is -0.477 e. The summed E-state index contributed by atoms with van der Waals surface area (Å²) in [6, 6.07) is 12.7. The second kappa shape index (κ2) is 11.7. The summed E-state index contributed by atoms with van der Waals surface area (Å²) in [6.45, 7) is 7.04. The van der Waals surface area contributed by atoms with Crippen LogP contribution in [-0.4, -0.2) is 27.0 Å². The number of nitrogens with zero attached hydrogens (tertiary/aromatic N) is 3. The van der Waals surface area contributed by atoms with Crippen LogP contribution in [0.3, 0.4) is 0 Å². The molecule has 0 spiro atoms. The Bertz CT molecular complexity index is 1180. The average Bonchev–Trinajstić information content (AvgIpc) is 3.19. The van der Waals surface area contributed by atoms with Crippen LogP contribution in [0.4, 0.5) is 10.1 Å². The Kier molecular flexibility index (Phi) is 8.98. The summed E-state index contributed by atoms with van der Waals surface area (Å²) in [7, 11) is 0. The second-order valence-corrected chi connectivity index (χ2v) is 7.04. The number of benzene rings is 2. The fourth-order valence-electron chi connectivity index (χ4n) is 3.18. The minimum atomic E-state index is -1.24. The van der Waals surface area contributed by atoms with E-state index in [1.165, 1.54) is 35.4 Å². The second-order valence-electron chi connectivity index (χ2n) is 7.04. The van der Waals surface area contributed by atoms with Crippen LogP contribution in [0, 0.1) is 12.4 Å². The van der Waals surface area contributed by atoms with Crippen LogP contribution in [0.1, 0.15) is 50.1 Å². The Balaban J connectivity index is 0.000000253. The molecule has 0 unspecified atom stereocenters. The van der Waals surface area contributed by atoms with Crippen molar-refractivity contribution in [2.45, 2.75) is 25.4 Å². The molecule has 1 aromatic heterocycles. The predicted molar refractivity (Wildman–Crippen MR) is 122 cm³/mol. The zero-order chi connectivity index (χ0) is 23.1. The maximum atomic E-state index is 12.7. The van der Waals surface area contributed by atoms with Gasteiger partial charge in [0.25, 0.3) is 5.91 Å². The number of carbonyl (C=O) groups excluding carboxylic acids is 1. The van der Waals surface area contributed by atoms with Gasteiger partial charge in [0, 0.05) is 18.7 Å². The summed E-state index contributed by atoms with van der Waals surface area (Å²) < 4.78 is 12.7. The highest BCUT2D eigenvalue weighted by atomic mass is 35.5. The molecule has 10 heteroatoms. The summed E-state index contributed by atoms with van der Waals surface area (Å²) in [5.41, 5.74) is 9.49. The molecule has 1 amide bonds. The molecule has 0 fully saturated rings. The molecular weight excluding hydrogens is 449 g/mol. The van der Waals surface area contributed by atoms with Gasteiger partial charge in [-0.3, -0.25) is 4.79 Å². The molecule has 0 aliphatic heterocycles. The minimum absolute atomic E-state index is 0. The van der Waals surface area contributed by atoms with Crippen LogP contribution < -0.4 is 11.1 Å². The van der Waals surface area contributed by atoms with E-state index in [0.29, 0.717) is 5.56 Å². The number of nitrogens with one attached hydrogen (secondary N) is 1. The number of carboxylic acid groups (broad SMARTS) is 1. The van der Waals surface area contributed by atoms with Crippen molar-refractivity contribution in [3.8, 4) is 0 Å². The van der Waals surface area contributed by atoms with Crippen molar-refractivity contribution in [2.75, 3.05) is 0 Å². The molecule has 8 nitrogen and oxygen atoms in total. The third kappa shape index (κ3) is 6.80. The van der Waals surface area contributed by atoms with Crippen molar-refractivity contribution in [3.63, 3.8) is 0 Å². The van der Waals surface area contributed by atoms with E-state index in [9.17, 15) is 14.0 Å². The number of fused-ring (bicyclic) bond motifs is 1. The Morgan fingerprint density at radius 2 is 1.85 bits per heavy atom. The van der Waals surface area contributed by atoms with Crippen LogP contribution >= 0.6 is 12.4 Å². The third-order valence-electron chi connectivity index (χ3n) is 4.86. The molecular formula is C23H21ClFN5O3. The summed E-state index contributed by atoms with van der Waals surface area (Å²) in [4.78, 5) is 33.1. The van der Waals surface area contributed by atoms with Crippen molar-refractivity contribution in [1.29, 1.82) is 0 Å². The quantitative estimate of drug-likeness (QED) is 0.499. The van der Waals surface area contributed by atoms with Gasteiger partial charge in [0.05, 0.1) is 6.57 Å². The van der Waals surface area contributed by atoms with E-state index in [4.69, 9.17) is 17.4 Å². The lowest BCUT2D eigenvalue weighted by molar-refractivity contribution is 0.0690. The van der Waals surface area contributed by atoms with Gasteiger partial charge in [0.2, 0.25) is 0 Å². The van der Waals surface area contributed by atoms with Crippen LogP contribution in [0.25, 0.3) is 4.85 Å². The van der Waals surface area contributed by atoms with Gasteiger partial charge in [-0.15, -0.1) is 12.4 Å². The molecule has 3 aromatic rings. The van der Waals surface area contributed by atoms with Crippen LogP contribution in [-0.2, 0) is 13.0 Å². The number of carbonyl (C=O) groups is 2. The SMILES string of the molecule is Cl.O=C(O)c1cc(C(=O)NCc2ccc(F)cc2)ncn1.[C-]#[N+]c1ccc2c(c1)CC[C@H]2N. The van der Waals surface area contributed by atoms with E-state index in [-0.39, 0.29) is 42.2 Å². The molecule has 1 aliphatic carbocycles. The van der Waals surface area contributed by atoms with Gasteiger partial charge in [0.1, 0.15) is 17.8 Å². The van der Waals surface area contributed by atoms with Crippen molar-refractivity contribution in [1.82, 2.24) is 15.3 Å². The van der Waals surface area contributed by atoms with E-state index in [1.54, 1.807) is 0 Å². The molecule has 170 valence electrons. The zero-order valence-electron chi connectivity index (χ0n) is 17.4. The van der Waals surface area contributed by atoms with Crippen molar-refractivity contribution >= 4 is 30.0 Å². The molecule has 0 radical (unpaired) electrons. The van der Waals surface area contributed by atoms with Gasteiger partial charge in [0.15, 0.2) is 11.4 Å². The average molecular weight is 470 g/mol. The molecule has 2 aromatic carbocycles. The number of aryl methyl sites for hydroxylation is 1. The number of halogens is 2. The first-order valence-corrected chi connectivity index (χ1v) is 9.71. The zero-order valence-corrected chi connectivity index (χ0v) is 18.2. The van der Waals surface area contributed by atoms with Crippen molar-refractivity contribution in [2.24, 2.45) is 5.73 Å². The molecule has 1 atom stereocenters. The smallest absolute Gasteiger partial charge is 0.354 e. The first-order valence-electron chi connectivity index (χ1n) is 9.71. The van der Waals surface area contributed by atoms with E-state index in [1.807, 2.05) is 18.2 Å². The number of rotatable bonds is 4. The number of amides is 1. The Labute approximate surface area is 195 Å². The number of aromatic nitrogens is 2. The lowest BCUT2D eigenvalue weighted by atomic mass is 10.1. The first-order chi connectivity index (χ1) is 15.4. The maximum absolute atomic E-state index is 12.7. The number of hydrogen-bond acceptors (Lipinski definition) is 5. The highest BCUT2D eigenvalue weighted by Gasteiger charge is 2.18. The fourth-order valence-corrected chi connectivity index (χ4v) is 3.18. The standard InChI is InChI=1S/C13H10FN3O3.C10H10N2.ClH/c14-9-3-1-8(2-4-9)6-15-12(18)10-5-11(13(19)20)17-7-16-10;1-12-8-3-4-9-7(6-8)2-5-10(9)11;/h1-5,7H,6H2,(H,15,18)(H,19,20);3-4,6,10H,2,5,11H2;1H/t;10-;/m.1./s1. The van der Waals surface area contributed by atoms with Gasteiger partial charge in [-0.25, -0.2) is 24.0 Å². The van der Waals surface area contributed by atoms with Gasteiger partial charge < -0.3 is 16.2 Å². The third-order valence-corrected chi connectivity index (χ3v) is 4.86. The summed E-state index contributed by atoms with van der Waals surface area (Å²) >= 11 is 0. The molecule has 0 saturated heterocycles. The normalized spacial score (nSPS) is 13.4. The highest BCUT2D eigenvalue weighted by molar-refractivity contribution is 5.94. The monoisotopic (exact) mass is 469 g/mol. The molecule has 1 heterocycles. The van der Waals surface area contributed by atoms with E-state index >= 15 is 0 Å². The highest BCUT2D eigenvalue weighted by Crippen LogP contribution is 2.31. The van der Waals surface area contributed by atoms with Gasteiger partial charge in [-0.1, -0.05) is 35.9 Å². The van der Waals surface area contributed by atoms with Crippen LogP contribution in [0.15, 0.2) is 54.9 Å².